The number of hydrogen-bond acceptors (Lipinski definition) is 5. The third-order valence-corrected chi connectivity index (χ3v) is 4.77. The molecule has 0 bridgehead atoms. The van der Waals surface area contributed by atoms with Gasteiger partial charge in [-0.2, -0.15) is 0 Å². The average Bonchev–Trinajstić information content (AvgIpc) is 2.58. The molecular formula is C15H5F4I2O5-. The second-order valence-corrected chi connectivity index (χ2v) is 7.10. The predicted molar refractivity (Wildman–Crippen MR) is 93.3 cm³/mol. The van der Waals surface area contributed by atoms with Gasteiger partial charge in [0.05, 0.1) is 18.7 Å². The van der Waals surface area contributed by atoms with Crippen LogP contribution in [0.25, 0.3) is 0 Å². The summed E-state index contributed by atoms with van der Waals surface area (Å²) >= 11 is 3.59. The Morgan fingerprint density at radius 1 is 0.962 bits per heavy atom. The van der Waals surface area contributed by atoms with Gasteiger partial charge < -0.3 is 19.7 Å². The third kappa shape index (κ3) is 3.87. The van der Waals surface area contributed by atoms with Gasteiger partial charge in [-0.25, -0.2) is 22.4 Å². The molecule has 26 heavy (non-hydrogen) atoms. The van der Waals surface area contributed by atoms with E-state index in [1.54, 1.807) is 45.2 Å². The zero-order valence-electron chi connectivity index (χ0n) is 12.2. The zero-order chi connectivity index (χ0) is 19.8. The second kappa shape index (κ2) is 7.94. The molecule has 2 aromatic rings. The molecule has 0 fully saturated rings. The lowest BCUT2D eigenvalue weighted by Gasteiger charge is -2.14. The number of aromatic hydroxyl groups is 1. The van der Waals surface area contributed by atoms with Crippen molar-refractivity contribution in [1.82, 2.24) is 0 Å². The molecule has 2 aromatic carbocycles. The number of rotatable bonds is 4. The molecule has 0 aliphatic rings. The van der Waals surface area contributed by atoms with Gasteiger partial charge in [0.15, 0.2) is 23.3 Å². The first kappa shape index (κ1) is 20.7. The summed E-state index contributed by atoms with van der Waals surface area (Å²) < 4.78 is 59.4. The van der Waals surface area contributed by atoms with Crippen LogP contribution in [0, 0.1) is 30.4 Å². The maximum absolute atomic E-state index is 13.8. The smallest absolute Gasteiger partial charge is 0.342 e. The van der Waals surface area contributed by atoms with Crippen LogP contribution in [0.4, 0.5) is 17.6 Å². The van der Waals surface area contributed by atoms with Crippen molar-refractivity contribution >= 4 is 57.1 Å². The summed E-state index contributed by atoms with van der Waals surface area (Å²) in [5.41, 5.74) is -3.07. The van der Waals surface area contributed by atoms with E-state index < -0.39 is 52.9 Å². The fourth-order valence-corrected chi connectivity index (χ4v) is 3.83. The van der Waals surface area contributed by atoms with Crippen LogP contribution in [-0.4, -0.2) is 17.0 Å². The summed E-state index contributed by atoms with van der Waals surface area (Å²) in [5, 5.41) is 20.6. The van der Waals surface area contributed by atoms with Crippen molar-refractivity contribution in [2.24, 2.45) is 0 Å². The summed E-state index contributed by atoms with van der Waals surface area (Å²) in [4.78, 5) is 22.9. The van der Waals surface area contributed by atoms with Crippen molar-refractivity contribution in [1.29, 1.82) is 0 Å². The average molecular weight is 595 g/mol. The SMILES string of the molecule is O=C([O-])c1c(F)c(F)c(F)c(F)c1C(=O)OCc1cc(I)c(O)c(I)c1. The van der Waals surface area contributed by atoms with Crippen molar-refractivity contribution in [2.45, 2.75) is 6.61 Å². The Hall–Kier alpha value is -1.64. The van der Waals surface area contributed by atoms with Crippen molar-refractivity contribution < 1.29 is 42.1 Å². The van der Waals surface area contributed by atoms with Gasteiger partial charge in [0.1, 0.15) is 17.9 Å². The maximum Gasteiger partial charge on any atom is 0.342 e. The summed E-state index contributed by atoms with van der Waals surface area (Å²) in [7, 11) is 0. The van der Waals surface area contributed by atoms with Crippen molar-refractivity contribution in [2.75, 3.05) is 0 Å². The molecule has 2 rings (SSSR count). The number of hydrogen-bond donors (Lipinski definition) is 1. The summed E-state index contributed by atoms with van der Waals surface area (Å²) in [6.45, 7) is -0.530. The van der Waals surface area contributed by atoms with Gasteiger partial charge in [-0.15, -0.1) is 0 Å². The first-order valence-electron chi connectivity index (χ1n) is 6.47. The van der Waals surface area contributed by atoms with Gasteiger partial charge in [-0.3, -0.25) is 0 Å². The number of phenols is 1. The van der Waals surface area contributed by atoms with Crippen LogP contribution in [0.15, 0.2) is 12.1 Å². The molecule has 0 amide bonds. The number of carboxylic acids is 1. The second-order valence-electron chi connectivity index (χ2n) is 4.78. The Morgan fingerprint density at radius 2 is 1.42 bits per heavy atom. The highest BCUT2D eigenvalue weighted by molar-refractivity contribution is 14.1. The number of esters is 1. The number of phenolic OH excluding ortho intramolecular Hbond substituents is 1. The van der Waals surface area contributed by atoms with Crippen LogP contribution in [0.3, 0.4) is 0 Å². The summed E-state index contributed by atoms with van der Waals surface area (Å²) in [6, 6.07) is 2.82. The van der Waals surface area contributed by atoms with Crippen LogP contribution in [-0.2, 0) is 11.3 Å². The Morgan fingerprint density at radius 3 is 1.88 bits per heavy atom. The topological polar surface area (TPSA) is 86.7 Å². The Bertz CT molecular complexity index is 910. The molecule has 0 unspecified atom stereocenters. The minimum atomic E-state index is -2.42. The number of aromatic carboxylic acids is 1. The van der Waals surface area contributed by atoms with Crippen LogP contribution < -0.4 is 5.11 Å². The number of benzene rings is 2. The highest BCUT2D eigenvalue weighted by atomic mass is 127. The lowest BCUT2D eigenvalue weighted by Crippen LogP contribution is -2.29. The van der Waals surface area contributed by atoms with Crippen molar-refractivity contribution in [3.8, 4) is 5.75 Å². The fourth-order valence-electron chi connectivity index (χ4n) is 1.94. The predicted octanol–water partition coefficient (Wildman–Crippen LogP) is 2.88. The maximum atomic E-state index is 13.8. The highest BCUT2D eigenvalue weighted by Gasteiger charge is 2.30. The molecule has 0 saturated heterocycles. The van der Waals surface area contributed by atoms with E-state index in [4.69, 9.17) is 0 Å². The molecule has 0 atom stereocenters. The minimum absolute atomic E-state index is 0.0192. The summed E-state index contributed by atoms with van der Waals surface area (Å²) in [5.74, 6) is -13.4. The number of carbonyl (C=O) groups is 2. The largest absolute Gasteiger partial charge is 0.545 e. The van der Waals surface area contributed by atoms with Crippen LogP contribution >= 0.6 is 45.2 Å². The summed E-state index contributed by atoms with van der Waals surface area (Å²) in [6.07, 6.45) is 0. The Balaban J connectivity index is 2.40. The monoisotopic (exact) mass is 595 g/mol. The van der Waals surface area contributed by atoms with Gasteiger partial charge in [-0.05, 0) is 62.9 Å². The molecule has 0 aliphatic heterocycles. The molecule has 0 aliphatic carbocycles. The first-order chi connectivity index (χ1) is 12.1. The molecule has 0 heterocycles. The molecular weight excluding hydrogens is 590 g/mol. The van der Waals surface area contributed by atoms with Crippen molar-refractivity contribution in [3.05, 3.63) is 59.2 Å². The molecule has 11 heteroatoms. The normalized spacial score (nSPS) is 10.7. The van der Waals surface area contributed by atoms with Gasteiger partial charge >= 0.3 is 5.97 Å². The Labute approximate surface area is 170 Å². The quantitative estimate of drug-likeness (QED) is 0.193. The van der Waals surface area contributed by atoms with E-state index >= 15 is 0 Å². The third-order valence-electron chi connectivity index (χ3n) is 3.12. The van der Waals surface area contributed by atoms with E-state index in [0.29, 0.717) is 12.7 Å². The molecule has 0 aromatic heterocycles. The van der Waals surface area contributed by atoms with E-state index in [2.05, 4.69) is 4.74 Å². The molecule has 0 radical (unpaired) electrons. The van der Waals surface area contributed by atoms with Gasteiger partial charge in [0.2, 0.25) is 0 Å². The van der Waals surface area contributed by atoms with Gasteiger partial charge in [0, 0.05) is 0 Å². The van der Waals surface area contributed by atoms with Crippen molar-refractivity contribution in [3.63, 3.8) is 0 Å². The van der Waals surface area contributed by atoms with Crippen LogP contribution in [0.2, 0.25) is 0 Å². The minimum Gasteiger partial charge on any atom is -0.545 e. The Kier molecular flexibility index (Phi) is 6.31. The van der Waals surface area contributed by atoms with Crippen LogP contribution in [0.1, 0.15) is 26.3 Å². The molecule has 5 nitrogen and oxygen atoms in total. The van der Waals surface area contributed by atoms with E-state index in [1.165, 1.54) is 12.1 Å². The van der Waals surface area contributed by atoms with E-state index in [0.717, 1.165) is 0 Å². The molecule has 1 N–H and O–H groups in total. The standard InChI is InChI=1S/C15H6F4I2O5/c16-9-7(14(23)24)8(10(17)12(19)11(9)18)15(25)26-3-4-1-5(20)13(22)6(21)2-4/h1-2,22H,3H2,(H,23,24)/p-1. The number of ether oxygens (including phenoxy) is 1. The van der Waals surface area contributed by atoms with E-state index in [9.17, 15) is 37.4 Å². The molecule has 138 valence electrons. The lowest BCUT2D eigenvalue weighted by atomic mass is 10.1. The molecule has 0 saturated carbocycles. The number of halogens is 6. The zero-order valence-corrected chi connectivity index (χ0v) is 16.5. The first-order valence-corrected chi connectivity index (χ1v) is 8.63. The van der Waals surface area contributed by atoms with E-state index in [1.807, 2.05) is 0 Å². The highest BCUT2D eigenvalue weighted by Crippen LogP contribution is 2.28. The van der Waals surface area contributed by atoms with E-state index in [-0.39, 0.29) is 5.75 Å². The number of carboxylic acid groups (broad SMARTS) is 1. The van der Waals surface area contributed by atoms with Crippen LogP contribution in [0.5, 0.6) is 5.75 Å². The number of carbonyl (C=O) groups excluding carboxylic acids is 2. The lowest BCUT2D eigenvalue weighted by molar-refractivity contribution is -0.255. The molecule has 0 spiro atoms. The van der Waals surface area contributed by atoms with Gasteiger partial charge in [0.25, 0.3) is 0 Å². The fraction of sp³-hybridized carbons (Fsp3) is 0.0667. The van der Waals surface area contributed by atoms with Gasteiger partial charge in [-0.1, -0.05) is 0 Å².